The first kappa shape index (κ1) is 25.6. The molecular formula is C32H30O8. The minimum absolute atomic E-state index is 0.165. The van der Waals surface area contributed by atoms with Crippen molar-refractivity contribution >= 4 is 0 Å². The van der Waals surface area contributed by atoms with Gasteiger partial charge in [-0.15, -0.1) is 0 Å². The zero-order chi connectivity index (χ0) is 27.6. The highest BCUT2D eigenvalue weighted by atomic mass is 16.7. The van der Waals surface area contributed by atoms with E-state index in [0.29, 0.717) is 47.3 Å². The minimum Gasteiger partial charge on any atom is -0.508 e. The second kappa shape index (κ2) is 10.8. The van der Waals surface area contributed by atoms with Gasteiger partial charge in [0.1, 0.15) is 11.5 Å². The number of hydrogen-bond donors (Lipinski definition) is 2. The second-order valence-corrected chi connectivity index (χ2v) is 9.75. The first-order chi connectivity index (χ1) is 19.5. The summed E-state index contributed by atoms with van der Waals surface area (Å²) in [6.45, 7) is 0.354. The Labute approximate surface area is 232 Å². The number of phenols is 2. The summed E-state index contributed by atoms with van der Waals surface area (Å²) in [5.74, 6) is 4.22. The van der Waals surface area contributed by atoms with E-state index in [9.17, 15) is 10.2 Å². The van der Waals surface area contributed by atoms with E-state index in [1.807, 2.05) is 36.4 Å². The van der Waals surface area contributed by atoms with Gasteiger partial charge in [-0.05, 0) is 108 Å². The number of hydrogen-bond acceptors (Lipinski definition) is 8. The van der Waals surface area contributed by atoms with E-state index in [4.69, 9.17) is 28.4 Å². The third-order valence-electron chi connectivity index (χ3n) is 7.28. The number of benzene rings is 4. The molecule has 8 heteroatoms. The van der Waals surface area contributed by atoms with E-state index >= 15 is 0 Å². The number of phenolic OH excluding ortho intramolecular Hbond substituents is 2. The van der Waals surface area contributed by atoms with Crippen LogP contribution in [0.4, 0.5) is 0 Å². The molecule has 0 fully saturated rings. The van der Waals surface area contributed by atoms with Gasteiger partial charge < -0.3 is 38.6 Å². The summed E-state index contributed by atoms with van der Waals surface area (Å²) < 4.78 is 33.2. The molecule has 0 saturated heterocycles. The number of aryl methyl sites for hydroxylation is 4. The SMILES string of the molecule is COc1cc(CCc2ccc(O)cc2-c2cc(O)ccc2CCc2cc(OC)c3c(c2)OCO3)cc2c1OCO2. The molecule has 0 unspecified atom stereocenters. The smallest absolute Gasteiger partial charge is 0.231 e. The van der Waals surface area contributed by atoms with Crippen molar-refractivity contribution in [2.75, 3.05) is 27.8 Å². The molecule has 40 heavy (non-hydrogen) atoms. The lowest BCUT2D eigenvalue weighted by Crippen LogP contribution is -1.99. The van der Waals surface area contributed by atoms with Crippen molar-refractivity contribution in [2.45, 2.75) is 25.7 Å². The van der Waals surface area contributed by atoms with Crippen LogP contribution < -0.4 is 28.4 Å². The number of fused-ring (bicyclic) bond motifs is 2. The van der Waals surface area contributed by atoms with Crippen LogP contribution in [0.2, 0.25) is 0 Å². The molecule has 4 aromatic carbocycles. The lowest BCUT2D eigenvalue weighted by molar-refractivity contribution is 0.171. The lowest BCUT2D eigenvalue weighted by Gasteiger charge is -2.16. The molecule has 2 aliphatic heterocycles. The molecule has 0 aliphatic carbocycles. The Hall–Kier alpha value is -4.72. The summed E-state index contributed by atoms with van der Waals surface area (Å²) in [6, 6.07) is 18.7. The molecule has 0 saturated carbocycles. The number of rotatable bonds is 9. The summed E-state index contributed by atoms with van der Waals surface area (Å²) in [5, 5.41) is 20.8. The Bertz CT molecular complexity index is 1440. The monoisotopic (exact) mass is 542 g/mol. The van der Waals surface area contributed by atoms with Gasteiger partial charge in [-0.2, -0.15) is 0 Å². The van der Waals surface area contributed by atoms with Gasteiger partial charge in [0.25, 0.3) is 0 Å². The van der Waals surface area contributed by atoms with Crippen molar-refractivity contribution in [2.24, 2.45) is 0 Å². The molecule has 0 atom stereocenters. The van der Waals surface area contributed by atoms with E-state index in [0.717, 1.165) is 46.2 Å². The summed E-state index contributed by atoms with van der Waals surface area (Å²) in [6.07, 6.45) is 2.84. The van der Waals surface area contributed by atoms with Gasteiger partial charge in [0.15, 0.2) is 23.0 Å². The Morgan fingerprint density at radius 1 is 0.575 bits per heavy atom. The van der Waals surface area contributed by atoms with Crippen LogP contribution in [0.25, 0.3) is 11.1 Å². The zero-order valence-corrected chi connectivity index (χ0v) is 22.4. The van der Waals surface area contributed by atoms with E-state index in [-0.39, 0.29) is 25.1 Å². The molecule has 4 aromatic rings. The van der Waals surface area contributed by atoms with Crippen molar-refractivity contribution in [1.29, 1.82) is 0 Å². The van der Waals surface area contributed by atoms with Gasteiger partial charge in [0.2, 0.25) is 25.1 Å². The van der Waals surface area contributed by atoms with Crippen molar-refractivity contribution in [1.82, 2.24) is 0 Å². The molecule has 0 bridgehead atoms. The molecule has 6 rings (SSSR count). The average molecular weight is 543 g/mol. The predicted octanol–water partition coefficient (Wildman–Crippen LogP) is 5.81. The maximum atomic E-state index is 10.4. The molecule has 0 amide bonds. The minimum atomic E-state index is 0.165. The molecule has 2 N–H and O–H groups in total. The molecule has 2 heterocycles. The molecular weight excluding hydrogens is 512 g/mol. The molecule has 206 valence electrons. The van der Waals surface area contributed by atoms with Gasteiger partial charge in [-0.1, -0.05) is 12.1 Å². The maximum Gasteiger partial charge on any atom is 0.231 e. The molecule has 0 radical (unpaired) electrons. The topological polar surface area (TPSA) is 95.8 Å². The number of ether oxygens (including phenoxy) is 6. The molecule has 2 aliphatic rings. The van der Waals surface area contributed by atoms with Crippen LogP contribution >= 0.6 is 0 Å². The fourth-order valence-corrected chi connectivity index (χ4v) is 5.28. The average Bonchev–Trinajstić information content (AvgIpc) is 3.64. The largest absolute Gasteiger partial charge is 0.508 e. The van der Waals surface area contributed by atoms with Crippen LogP contribution in [0.3, 0.4) is 0 Å². The van der Waals surface area contributed by atoms with Gasteiger partial charge in [0, 0.05) is 0 Å². The maximum absolute atomic E-state index is 10.4. The predicted molar refractivity (Wildman–Crippen MR) is 148 cm³/mol. The third kappa shape index (κ3) is 5.00. The molecule has 0 aromatic heterocycles. The number of methoxy groups -OCH3 is 2. The van der Waals surface area contributed by atoms with Crippen LogP contribution in [0, 0.1) is 0 Å². The Morgan fingerprint density at radius 3 is 1.45 bits per heavy atom. The van der Waals surface area contributed by atoms with E-state index in [1.165, 1.54) is 0 Å². The highest BCUT2D eigenvalue weighted by molar-refractivity contribution is 5.74. The Kier molecular flexibility index (Phi) is 6.90. The van der Waals surface area contributed by atoms with Crippen LogP contribution in [-0.4, -0.2) is 38.0 Å². The van der Waals surface area contributed by atoms with Gasteiger partial charge in [-0.3, -0.25) is 0 Å². The summed E-state index contributed by atoms with van der Waals surface area (Å²) in [4.78, 5) is 0. The van der Waals surface area contributed by atoms with Crippen molar-refractivity contribution in [3.8, 4) is 57.1 Å². The fourth-order valence-electron chi connectivity index (χ4n) is 5.28. The zero-order valence-electron chi connectivity index (χ0n) is 22.4. The van der Waals surface area contributed by atoms with Crippen LogP contribution in [-0.2, 0) is 25.7 Å². The Balaban J connectivity index is 1.28. The standard InChI is InChI=1S/C32H30O8/c1-35-27-11-19(13-29-31(27)39-17-37-29)3-5-21-7-9-23(33)15-25(21)26-16-24(34)10-8-22(26)6-4-20-12-28(36-2)32-30(14-20)38-18-40-32/h7-16,33-34H,3-6,17-18H2,1-2H3. The highest BCUT2D eigenvalue weighted by Crippen LogP contribution is 2.43. The normalized spacial score (nSPS) is 12.9. The Morgan fingerprint density at radius 2 is 1.02 bits per heavy atom. The summed E-state index contributed by atoms with van der Waals surface area (Å²) >= 11 is 0. The molecule has 0 spiro atoms. The summed E-state index contributed by atoms with van der Waals surface area (Å²) in [5.41, 5.74) is 5.95. The first-order valence-electron chi connectivity index (χ1n) is 13.1. The van der Waals surface area contributed by atoms with Crippen LogP contribution in [0.5, 0.6) is 46.0 Å². The van der Waals surface area contributed by atoms with E-state index < -0.39 is 0 Å². The van der Waals surface area contributed by atoms with Crippen LogP contribution in [0.15, 0.2) is 60.7 Å². The van der Waals surface area contributed by atoms with Gasteiger partial charge >= 0.3 is 0 Å². The van der Waals surface area contributed by atoms with Crippen LogP contribution in [0.1, 0.15) is 22.3 Å². The number of aromatic hydroxyl groups is 2. The van der Waals surface area contributed by atoms with Gasteiger partial charge in [-0.25, -0.2) is 0 Å². The lowest BCUT2D eigenvalue weighted by atomic mass is 9.89. The molecule has 8 nitrogen and oxygen atoms in total. The third-order valence-corrected chi connectivity index (χ3v) is 7.28. The van der Waals surface area contributed by atoms with Crippen molar-refractivity contribution in [3.63, 3.8) is 0 Å². The first-order valence-corrected chi connectivity index (χ1v) is 13.1. The van der Waals surface area contributed by atoms with Gasteiger partial charge in [0.05, 0.1) is 14.2 Å². The second-order valence-electron chi connectivity index (χ2n) is 9.75. The van der Waals surface area contributed by atoms with Crippen molar-refractivity contribution in [3.05, 3.63) is 82.9 Å². The van der Waals surface area contributed by atoms with E-state index in [1.54, 1.807) is 38.5 Å². The van der Waals surface area contributed by atoms with E-state index in [2.05, 4.69) is 0 Å². The summed E-state index contributed by atoms with van der Waals surface area (Å²) in [7, 11) is 3.23. The van der Waals surface area contributed by atoms with Crippen molar-refractivity contribution < 1.29 is 38.6 Å². The quantitative estimate of drug-likeness (QED) is 0.274. The fraction of sp³-hybridized carbons (Fsp3) is 0.250. The highest BCUT2D eigenvalue weighted by Gasteiger charge is 2.22.